The van der Waals surface area contributed by atoms with Crippen molar-refractivity contribution in [1.29, 1.82) is 0 Å². The molecule has 1 heterocycles. The fraction of sp³-hybridized carbons (Fsp3) is 0.300. The molecular formula is C20H21ClN2O5. The van der Waals surface area contributed by atoms with Gasteiger partial charge in [0.2, 0.25) is 5.91 Å². The normalized spacial score (nSPS) is 12.2. The van der Waals surface area contributed by atoms with Crippen LogP contribution in [0.3, 0.4) is 0 Å². The van der Waals surface area contributed by atoms with Crippen LogP contribution in [0.15, 0.2) is 36.4 Å². The third-order valence-electron chi connectivity index (χ3n) is 4.11. The zero-order valence-electron chi connectivity index (χ0n) is 15.4. The second-order valence-electron chi connectivity index (χ2n) is 6.11. The molecule has 1 aliphatic heterocycles. The topological polar surface area (TPSA) is 85.9 Å². The first-order chi connectivity index (χ1) is 13.6. The van der Waals surface area contributed by atoms with Gasteiger partial charge in [0.15, 0.2) is 11.5 Å². The summed E-state index contributed by atoms with van der Waals surface area (Å²) in [6.07, 6.45) is 0.156. The number of rotatable bonds is 7. The Morgan fingerprint density at radius 2 is 1.79 bits per heavy atom. The van der Waals surface area contributed by atoms with E-state index in [-0.39, 0.29) is 18.2 Å². The van der Waals surface area contributed by atoms with Crippen LogP contribution in [0.4, 0.5) is 0 Å². The summed E-state index contributed by atoms with van der Waals surface area (Å²) < 4.78 is 16.0. The first-order valence-corrected chi connectivity index (χ1v) is 9.21. The van der Waals surface area contributed by atoms with Gasteiger partial charge < -0.3 is 24.8 Å². The maximum Gasteiger partial charge on any atom is 0.251 e. The van der Waals surface area contributed by atoms with Gasteiger partial charge in [-0.3, -0.25) is 9.59 Å². The standard InChI is InChI=1S/C20H21ClN2O5/c1-26-15-4-2-14(3-5-15)20(25)23-7-6-22-18(24)12-13-10-16(21)19-17(11-13)27-8-9-28-19/h2-5,10-11H,6-9,12H2,1H3,(H,22,24)(H,23,25). The molecule has 1 aliphatic rings. The van der Waals surface area contributed by atoms with E-state index in [1.807, 2.05) is 0 Å². The molecule has 0 saturated carbocycles. The first-order valence-electron chi connectivity index (χ1n) is 8.84. The van der Waals surface area contributed by atoms with Gasteiger partial charge in [-0.15, -0.1) is 0 Å². The Morgan fingerprint density at radius 1 is 1.07 bits per heavy atom. The van der Waals surface area contributed by atoms with Crippen LogP contribution in [-0.4, -0.2) is 45.2 Å². The molecule has 2 aromatic carbocycles. The lowest BCUT2D eigenvalue weighted by atomic mass is 10.1. The maximum atomic E-state index is 12.1. The van der Waals surface area contributed by atoms with Crippen LogP contribution in [0.25, 0.3) is 0 Å². The van der Waals surface area contributed by atoms with Crippen LogP contribution >= 0.6 is 11.6 Å². The van der Waals surface area contributed by atoms with E-state index < -0.39 is 0 Å². The number of ether oxygens (including phenoxy) is 3. The summed E-state index contributed by atoms with van der Waals surface area (Å²) in [5.74, 6) is 1.36. The molecule has 0 aromatic heterocycles. The van der Waals surface area contributed by atoms with Crippen LogP contribution in [0.1, 0.15) is 15.9 Å². The molecule has 0 fully saturated rings. The summed E-state index contributed by atoms with van der Waals surface area (Å²) in [5, 5.41) is 5.94. The number of carbonyl (C=O) groups is 2. The Bertz CT molecular complexity index is 854. The molecule has 0 unspecified atom stereocenters. The van der Waals surface area contributed by atoms with Crippen molar-refractivity contribution in [1.82, 2.24) is 10.6 Å². The van der Waals surface area contributed by atoms with E-state index in [2.05, 4.69) is 10.6 Å². The zero-order chi connectivity index (χ0) is 19.9. The molecule has 2 aromatic rings. The average Bonchev–Trinajstić information content (AvgIpc) is 2.71. The van der Waals surface area contributed by atoms with Crippen LogP contribution in [-0.2, 0) is 11.2 Å². The minimum atomic E-state index is -0.212. The molecule has 8 heteroatoms. The van der Waals surface area contributed by atoms with E-state index in [0.29, 0.717) is 54.1 Å². The number of methoxy groups -OCH3 is 1. The van der Waals surface area contributed by atoms with Gasteiger partial charge in [0.05, 0.1) is 18.6 Å². The number of halogens is 1. The van der Waals surface area contributed by atoms with Crippen LogP contribution in [0.5, 0.6) is 17.2 Å². The second kappa shape index (κ2) is 9.32. The molecule has 0 aliphatic carbocycles. The molecule has 0 saturated heterocycles. The largest absolute Gasteiger partial charge is 0.497 e. The number of hydrogen-bond acceptors (Lipinski definition) is 5. The fourth-order valence-electron chi connectivity index (χ4n) is 2.74. The van der Waals surface area contributed by atoms with E-state index in [9.17, 15) is 9.59 Å². The number of amides is 2. The molecule has 0 spiro atoms. The monoisotopic (exact) mass is 404 g/mol. The molecule has 0 radical (unpaired) electrons. The van der Waals surface area contributed by atoms with Crippen molar-refractivity contribution in [2.24, 2.45) is 0 Å². The molecular weight excluding hydrogens is 384 g/mol. The lowest BCUT2D eigenvalue weighted by Gasteiger charge is -2.20. The Hall–Kier alpha value is -2.93. The molecule has 0 bridgehead atoms. The molecule has 2 N–H and O–H groups in total. The molecule has 0 atom stereocenters. The Kier molecular flexibility index (Phi) is 6.60. The summed E-state index contributed by atoms with van der Waals surface area (Å²) >= 11 is 6.18. The third kappa shape index (κ3) is 5.07. The van der Waals surface area contributed by atoms with Crippen LogP contribution in [0, 0.1) is 0 Å². The van der Waals surface area contributed by atoms with Gasteiger partial charge in [-0.25, -0.2) is 0 Å². The SMILES string of the molecule is COc1ccc(C(=O)NCCNC(=O)Cc2cc(Cl)c3c(c2)OCCO3)cc1. The smallest absolute Gasteiger partial charge is 0.251 e. The highest BCUT2D eigenvalue weighted by molar-refractivity contribution is 6.32. The van der Waals surface area contributed by atoms with Crippen molar-refractivity contribution in [2.75, 3.05) is 33.4 Å². The lowest BCUT2D eigenvalue weighted by molar-refractivity contribution is -0.120. The molecule has 7 nitrogen and oxygen atoms in total. The Labute approximate surface area is 167 Å². The van der Waals surface area contributed by atoms with E-state index in [1.54, 1.807) is 43.5 Å². The summed E-state index contributed by atoms with van der Waals surface area (Å²) in [6, 6.07) is 10.2. The van der Waals surface area contributed by atoms with Crippen molar-refractivity contribution in [3.8, 4) is 17.2 Å². The van der Waals surface area contributed by atoms with Crippen molar-refractivity contribution in [3.05, 3.63) is 52.5 Å². The summed E-state index contributed by atoms with van der Waals surface area (Å²) in [5.41, 5.74) is 1.26. The van der Waals surface area contributed by atoms with Gasteiger partial charge in [-0.05, 0) is 42.0 Å². The highest BCUT2D eigenvalue weighted by atomic mass is 35.5. The maximum absolute atomic E-state index is 12.1. The summed E-state index contributed by atoms with van der Waals surface area (Å²) in [7, 11) is 1.57. The molecule has 28 heavy (non-hydrogen) atoms. The van der Waals surface area contributed by atoms with Crippen molar-refractivity contribution < 1.29 is 23.8 Å². The fourth-order valence-corrected chi connectivity index (χ4v) is 3.02. The van der Waals surface area contributed by atoms with Gasteiger partial charge in [-0.2, -0.15) is 0 Å². The van der Waals surface area contributed by atoms with Crippen molar-refractivity contribution in [3.63, 3.8) is 0 Å². The predicted molar refractivity (Wildman–Crippen MR) is 104 cm³/mol. The Morgan fingerprint density at radius 3 is 2.54 bits per heavy atom. The number of nitrogens with one attached hydrogen (secondary N) is 2. The van der Waals surface area contributed by atoms with E-state index in [0.717, 1.165) is 5.56 Å². The number of carbonyl (C=O) groups excluding carboxylic acids is 2. The third-order valence-corrected chi connectivity index (χ3v) is 4.39. The van der Waals surface area contributed by atoms with E-state index in [4.69, 9.17) is 25.8 Å². The highest BCUT2D eigenvalue weighted by Crippen LogP contribution is 2.38. The minimum absolute atomic E-state index is 0.156. The number of fused-ring (bicyclic) bond motifs is 1. The van der Waals surface area contributed by atoms with Crippen molar-refractivity contribution >= 4 is 23.4 Å². The number of benzene rings is 2. The van der Waals surface area contributed by atoms with E-state index in [1.165, 1.54) is 0 Å². The van der Waals surface area contributed by atoms with Gasteiger partial charge in [0.1, 0.15) is 19.0 Å². The molecule has 2 amide bonds. The van der Waals surface area contributed by atoms with Crippen LogP contribution in [0.2, 0.25) is 5.02 Å². The van der Waals surface area contributed by atoms with Crippen LogP contribution < -0.4 is 24.8 Å². The summed E-state index contributed by atoms with van der Waals surface area (Å²) in [6.45, 7) is 1.54. The molecule has 3 rings (SSSR count). The van der Waals surface area contributed by atoms with Gasteiger partial charge in [-0.1, -0.05) is 11.6 Å². The first kappa shape index (κ1) is 19.8. The van der Waals surface area contributed by atoms with E-state index >= 15 is 0 Å². The minimum Gasteiger partial charge on any atom is -0.497 e. The lowest BCUT2D eigenvalue weighted by Crippen LogP contribution is -2.35. The van der Waals surface area contributed by atoms with Gasteiger partial charge >= 0.3 is 0 Å². The Balaban J connectivity index is 1.43. The number of hydrogen-bond donors (Lipinski definition) is 2. The van der Waals surface area contributed by atoms with Crippen molar-refractivity contribution in [2.45, 2.75) is 6.42 Å². The predicted octanol–water partition coefficient (Wildman–Crippen LogP) is 2.21. The quantitative estimate of drug-likeness (QED) is 0.691. The molecule has 148 valence electrons. The highest BCUT2D eigenvalue weighted by Gasteiger charge is 2.17. The average molecular weight is 405 g/mol. The van der Waals surface area contributed by atoms with Gasteiger partial charge in [0.25, 0.3) is 5.91 Å². The summed E-state index contributed by atoms with van der Waals surface area (Å²) in [4.78, 5) is 24.2. The zero-order valence-corrected chi connectivity index (χ0v) is 16.2. The second-order valence-corrected chi connectivity index (χ2v) is 6.52. The van der Waals surface area contributed by atoms with Gasteiger partial charge in [0, 0.05) is 18.7 Å².